The summed E-state index contributed by atoms with van der Waals surface area (Å²) in [5.41, 5.74) is 3.54. The van der Waals surface area contributed by atoms with Crippen molar-refractivity contribution in [2.45, 2.75) is 0 Å². The number of anilines is 2. The first-order valence-corrected chi connectivity index (χ1v) is 10.7. The van der Waals surface area contributed by atoms with Crippen LogP contribution in [0.3, 0.4) is 0 Å². The molecule has 0 amide bonds. The molecule has 5 rings (SSSR count). The highest BCUT2D eigenvalue weighted by Crippen LogP contribution is 2.32. The van der Waals surface area contributed by atoms with Gasteiger partial charge in [-0.15, -0.1) is 0 Å². The zero-order valence-corrected chi connectivity index (χ0v) is 18.5. The first kappa shape index (κ1) is 20.7. The summed E-state index contributed by atoms with van der Waals surface area (Å²) in [6, 6.07) is 19.0. The Bertz CT molecular complexity index is 1450. The van der Waals surface area contributed by atoms with Crippen molar-refractivity contribution in [3.63, 3.8) is 0 Å². The zero-order chi connectivity index (χ0) is 22.9. The number of fused-ring (bicyclic) bond motifs is 2. The molecule has 0 N–H and O–H groups in total. The minimum absolute atomic E-state index is 0.125. The van der Waals surface area contributed by atoms with E-state index in [9.17, 15) is 4.79 Å². The molecule has 0 radical (unpaired) electrons. The third-order valence-corrected chi connectivity index (χ3v) is 6.14. The van der Waals surface area contributed by atoms with Crippen molar-refractivity contribution in [3.05, 3.63) is 70.4 Å². The molecule has 0 atom stereocenters. The molecule has 7 nitrogen and oxygen atoms in total. The van der Waals surface area contributed by atoms with Crippen LogP contribution in [0.1, 0.15) is 5.56 Å². The summed E-state index contributed by atoms with van der Waals surface area (Å²) in [6.07, 6.45) is 0. The lowest BCUT2D eigenvalue weighted by Gasteiger charge is -2.37. The third-order valence-electron chi connectivity index (χ3n) is 6.14. The lowest BCUT2D eigenvalue weighted by atomic mass is 10.1. The summed E-state index contributed by atoms with van der Waals surface area (Å²) in [6.45, 7) is 3.27. The maximum Gasteiger partial charge on any atom is 0.204 e. The van der Waals surface area contributed by atoms with Gasteiger partial charge >= 0.3 is 0 Å². The second-order valence-electron chi connectivity index (χ2n) is 7.95. The SMILES string of the molecule is COc1cc(OC)c2c(=O)c3cc(N4CCN(c5cccc(C#N)c5)CC4)ccc3oc2c1. The molecule has 1 fully saturated rings. The summed E-state index contributed by atoms with van der Waals surface area (Å²) in [5.74, 6) is 0.996. The van der Waals surface area contributed by atoms with E-state index in [-0.39, 0.29) is 5.43 Å². The number of methoxy groups -OCH3 is 2. The van der Waals surface area contributed by atoms with Gasteiger partial charge in [-0.2, -0.15) is 5.26 Å². The molecule has 1 aromatic heterocycles. The van der Waals surface area contributed by atoms with E-state index in [0.717, 1.165) is 37.6 Å². The lowest BCUT2D eigenvalue weighted by molar-refractivity contribution is 0.396. The maximum absolute atomic E-state index is 13.4. The fourth-order valence-corrected chi connectivity index (χ4v) is 4.38. The fourth-order valence-electron chi connectivity index (χ4n) is 4.38. The van der Waals surface area contributed by atoms with Gasteiger partial charge in [-0.05, 0) is 36.4 Å². The average Bonchev–Trinajstić information content (AvgIpc) is 2.88. The quantitative estimate of drug-likeness (QED) is 0.440. The third kappa shape index (κ3) is 3.70. The predicted octanol–water partition coefficient (Wildman–Crippen LogP) is 4.16. The van der Waals surface area contributed by atoms with Crippen LogP contribution >= 0.6 is 0 Å². The van der Waals surface area contributed by atoms with Crippen LogP contribution < -0.4 is 24.7 Å². The molecule has 0 bridgehead atoms. The van der Waals surface area contributed by atoms with E-state index in [4.69, 9.17) is 19.2 Å². The Hall–Kier alpha value is -4.18. The van der Waals surface area contributed by atoms with E-state index in [0.29, 0.717) is 39.0 Å². The van der Waals surface area contributed by atoms with E-state index in [1.54, 1.807) is 19.2 Å². The zero-order valence-electron chi connectivity index (χ0n) is 18.5. The Morgan fingerprint density at radius 3 is 2.27 bits per heavy atom. The van der Waals surface area contributed by atoms with Gasteiger partial charge in [-0.1, -0.05) is 6.07 Å². The van der Waals surface area contributed by atoms with Gasteiger partial charge in [0.2, 0.25) is 5.43 Å². The van der Waals surface area contributed by atoms with Crippen LogP contribution in [0, 0.1) is 11.3 Å². The first-order chi connectivity index (χ1) is 16.1. The minimum atomic E-state index is -0.125. The highest BCUT2D eigenvalue weighted by molar-refractivity contribution is 5.95. The highest BCUT2D eigenvalue weighted by atomic mass is 16.5. The molecule has 1 aliphatic rings. The Kier molecular flexibility index (Phi) is 5.27. The Labute approximate surface area is 191 Å². The summed E-state index contributed by atoms with van der Waals surface area (Å²) >= 11 is 0. The first-order valence-electron chi connectivity index (χ1n) is 10.7. The molecule has 33 heavy (non-hydrogen) atoms. The van der Waals surface area contributed by atoms with Crippen molar-refractivity contribution in [2.24, 2.45) is 0 Å². The van der Waals surface area contributed by atoms with Crippen molar-refractivity contribution in [1.29, 1.82) is 5.26 Å². The molecule has 7 heteroatoms. The molecule has 3 aromatic carbocycles. The van der Waals surface area contributed by atoms with E-state index >= 15 is 0 Å². The van der Waals surface area contributed by atoms with Crippen LogP contribution in [-0.4, -0.2) is 40.4 Å². The van der Waals surface area contributed by atoms with Gasteiger partial charge in [0.05, 0.1) is 31.2 Å². The maximum atomic E-state index is 13.4. The van der Waals surface area contributed by atoms with E-state index < -0.39 is 0 Å². The molecule has 166 valence electrons. The lowest BCUT2D eigenvalue weighted by Crippen LogP contribution is -2.46. The molecule has 2 heterocycles. The van der Waals surface area contributed by atoms with Gasteiger partial charge in [0.1, 0.15) is 28.1 Å². The topological polar surface area (TPSA) is 78.9 Å². The Morgan fingerprint density at radius 2 is 1.61 bits per heavy atom. The molecule has 4 aromatic rings. The number of rotatable bonds is 4. The van der Waals surface area contributed by atoms with Crippen molar-refractivity contribution < 1.29 is 13.9 Å². The molecule has 0 saturated carbocycles. The van der Waals surface area contributed by atoms with Crippen LogP contribution in [0.25, 0.3) is 21.9 Å². The summed E-state index contributed by atoms with van der Waals surface area (Å²) in [7, 11) is 3.09. The molecular formula is C26H23N3O4. The minimum Gasteiger partial charge on any atom is -0.496 e. The van der Waals surface area contributed by atoms with Gasteiger partial charge in [0, 0.05) is 49.7 Å². The van der Waals surface area contributed by atoms with Crippen LogP contribution in [0.4, 0.5) is 11.4 Å². The molecule has 1 saturated heterocycles. The van der Waals surface area contributed by atoms with Crippen LogP contribution in [-0.2, 0) is 0 Å². The average molecular weight is 441 g/mol. The fraction of sp³-hybridized carbons (Fsp3) is 0.231. The summed E-state index contributed by atoms with van der Waals surface area (Å²) < 4.78 is 16.8. The van der Waals surface area contributed by atoms with E-state index in [1.165, 1.54) is 7.11 Å². The highest BCUT2D eigenvalue weighted by Gasteiger charge is 2.20. The summed E-state index contributed by atoms with van der Waals surface area (Å²) in [5, 5.41) is 10.1. The Morgan fingerprint density at radius 1 is 0.879 bits per heavy atom. The standard InChI is InChI=1S/C26H23N3O4/c1-31-20-14-23(32-2)25-24(15-20)33-22-7-6-19(13-21(22)26(25)30)29-10-8-28(9-11-29)18-5-3-4-17(12-18)16-27/h3-7,12-15H,8-11H2,1-2H3. The number of benzene rings is 3. The largest absolute Gasteiger partial charge is 0.496 e. The molecule has 0 aliphatic carbocycles. The van der Waals surface area contributed by atoms with Crippen LogP contribution in [0.15, 0.2) is 63.8 Å². The van der Waals surface area contributed by atoms with Gasteiger partial charge in [-0.3, -0.25) is 4.79 Å². The molecule has 0 spiro atoms. The van der Waals surface area contributed by atoms with Crippen molar-refractivity contribution in [3.8, 4) is 17.6 Å². The monoisotopic (exact) mass is 441 g/mol. The number of hydrogen-bond donors (Lipinski definition) is 0. The molecular weight excluding hydrogens is 418 g/mol. The van der Waals surface area contributed by atoms with Gasteiger partial charge in [-0.25, -0.2) is 0 Å². The number of piperazine rings is 1. The molecule has 0 unspecified atom stereocenters. The smallest absolute Gasteiger partial charge is 0.204 e. The number of nitrogens with zero attached hydrogens (tertiary/aromatic N) is 3. The number of hydrogen-bond acceptors (Lipinski definition) is 7. The van der Waals surface area contributed by atoms with Gasteiger partial charge in [0.15, 0.2) is 0 Å². The molecule has 1 aliphatic heterocycles. The van der Waals surface area contributed by atoms with Crippen molar-refractivity contribution >= 4 is 33.3 Å². The number of nitriles is 1. The van der Waals surface area contributed by atoms with E-state index in [2.05, 4.69) is 15.9 Å². The predicted molar refractivity (Wildman–Crippen MR) is 129 cm³/mol. The van der Waals surface area contributed by atoms with Gasteiger partial charge in [0.25, 0.3) is 0 Å². The summed E-state index contributed by atoms with van der Waals surface area (Å²) in [4.78, 5) is 17.9. The Balaban J connectivity index is 1.46. The van der Waals surface area contributed by atoms with Crippen molar-refractivity contribution in [2.75, 3.05) is 50.2 Å². The van der Waals surface area contributed by atoms with Crippen molar-refractivity contribution in [1.82, 2.24) is 0 Å². The van der Waals surface area contributed by atoms with Crippen LogP contribution in [0.5, 0.6) is 11.5 Å². The van der Waals surface area contributed by atoms with Crippen LogP contribution in [0.2, 0.25) is 0 Å². The van der Waals surface area contributed by atoms with Gasteiger partial charge < -0.3 is 23.7 Å². The number of ether oxygens (including phenoxy) is 2. The second kappa shape index (κ2) is 8.40. The van der Waals surface area contributed by atoms with E-state index in [1.807, 2.05) is 42.5 Å². The normalized spacial score (nSPS) is 13.8. The second-order valence-corrected chi connectivity index (χ2v) is 7.95.